The molecule has 0 aromatic heterocycles. The number of benzene rings is 2. The fraction of sp³-hybridized carbons (Fsp3) is 0.333. The van der Waals surface area contributed by atoms with E-state index in [1.54, 1.807) is 43.4 Å². The van der Waals surface area contributed by atoms with Gasteiger partial charge in [-0.15, -0.1) is 0 Å². The molecule has 0 unspecified atom stereocenters. The average molecular weight is 387 g/mol. The Morgan fingerprint density at radius 2 is 1.61 bits per heavy atom. The Morgan fingerprint density at radius 3 is 2.18 bits per heavy atom. The number of hydrogen-bond acceptors (Lipinski definition) is 6. The van der Waals surface area contributed by atoms with Gasteiger partial charge in [0.1, 0.15) is 5.75 Å². The van der Waals surface area contributed by atoms with Gasteiger partial charge < -0.3 is 23.8 Å². The number of carbonyl (C=O) groups excluding carboxylic acids is 2. The third-order valence-electron chi connectivity index (χ3n) is 4.19. The fourth-order valence-corrected chi connectivity index (χ4v) is 2.62. The molecule has 0 N–H and O–H groups in total. The summed E-state index contributed by atoms with van der Waals surface area (Å²) in [7, 11) is 4.47. The smallest absolute Gasteiger partial charge is 0.337 e. The number of carbonyl (C=O) groups is 2. The summed E-state index contributed by atoms with van der Waals surface area (Å²) in [4.78, 5) is 25.6. The molecule has 2 rings (SSSR count). The Kier molecular flexibility index (Phi) is 7.68. The topological polar surface area (TPSA) is 74.3 Å². The molecule has 0 atom stereocenters. The minimum atomic E-state index is -0.422. The maximum absolute atomic E-state index is 12.5. The summed E-state index contributed by atoms with van der Waals surface area (Å²) < 4.78 is 20.7. The first-order chi connectivity index (χ1) is 13.5. The Hall–Kier alpha value is -3.22. The summed E-state index contributed by atoms with van der Waals surface area (Å²) in [5.41, 5.74) is 1.35. The fourth-order valence-electron chi connectivity index (χ4n) is 2.62. The third kappa shape index (κ3) is 5.39. The lowest BCUT2D eigenvalue weighted by Gasteiger charge is -2.21. The summed E-state index contributed by atoms with van der Waals surface area (Å²) >= 11 is 0. The van der Waals surface area contributed by atoms with Gasteiger partial charge in [0, 0.05) is 13.1 Å². The van der Waals surface area contributed by atoms with E-state index in [9.17, 15) is 9.59 Å². The second-order valence-corrected chi connectivity index (χ2v) is 5.90. The summed E-state index contributed by atoms with van der Waals surface area (Å²) in [6, 6.07) is 12.0. The van der Waals surface area contributed by atoms with Crippen LogP contribution in [0.1, 0.15) is 22.8 Å². The van der Waals surface area contributed by atoms with Crippen LogP contribution < -0.4 is 14.2 Å². The van der Waals surface area contributed by atoms with E-state index in [1.165, 1.54) is 7.11 Å². The van der Waals surface area contributed by atoms with E-state index in [4.69, 9.17) is 14.2 Å². The Balaban J connectivity index is 1.97. The lowest BCUT2D eigenvalue weighted by atomic mass is 10.2. The number of esters is 1. The standard InChI is InChI=1S/C21H25NO6/c1-5-22(13-15-6-11-18(25-2)19(12-15)26-3)20(23)14-28-17-9-7-16(8-10-17)21(24)27-4/h6-12H,5,13-14H2,1-4H3. The van der Waals surface area contributed by atoms with Crippen LogP contribution in [0.15, 0.2) is 42.5 Å². The van der Waals surface area contributed by atoms with Crippen LogP contribution in [0.2, 0.25) is 0 Å². The van der Waals surface area contributed by atoms with E-state index >= 15 is 0 Å². The first-order valence-electron chi connectivity index (χ1n) is 8.82. The van der Waals surface area contributed by atoms with Gasteiger partial charge in [-0.2, -0.15) is 0 Å². The average Bonchev–Trinajstić information content (AvgIpc) is 2.75. The van der Waals surface area contributed by atoms with Gasteiger partial charge in [0.2, 0.25) is 0 Å². The molecule has 28 heavy (non-hydrogen) atoms. The van der Waals surface area contributed by atoms with Gasteiger partial charge in [-0.1, -0.05) is 6.07 Å². The molecular formula is C21H25NO6. The van der Waals surface area contributed by atoms with Gasteiger partial charge in [0.25, 0.3) is 5.91 Å². The van der Waals surface area contributed by atoms with Gasteiger partial charge >= 0.3 is 5.97 Å². The second kappa shape index (κ2) is 10.2. The summed E-state index contributed by atoms with van der Waals surface area (Å²) in [6.45, 7) is 2.78. The van der Waals surface area contributed by atoms with Gasteiger partial charge in [-0.25, -0.2) is 4.79 Å². The molecule has 1 amide bonds. The van der Waals surface area contributed by atoms with Crippen LogP contribution in [0.3, 0.4) is 0 Å². The molecule has 0 aliphatic carbocycles. The summed E-state index contributed by atoms with van der Waals surface area (Å²) in [6.07, 6.45) is 0. The van der Waals surface area contributed by atoms with Crippen molar-refractivity contribution < 1.29 is 28.5 Å². The molecule has 7 heteroatoms. The number of rotatable bonds is 9. The molecule has 2 aromatic rings. The van der Waals surface area contributed by atoms with E-state index in [0.29, 0.717) is 35.9 Å². The maximum atomic E-state index is 12.5. The number of amides is 1. The molecule has 0 spiro atoms. The van der Waals surface area contributed by atoms with Crippen molar-refractivity contribution in [2.75, 3.05) is 34.5 Å². The van der Waals surface area contributed by atoms with Crippen molar-refractivity contribution in [2.45, 2.75) is 13.5 Å². The molecule has 2 aromatic carbocycles. The molecule has 0 radical (unpaired) electrons. The van der Waals surface area contributed by atoms with E-state index in [1.807, 2.05) is 25.1 Å². The van der Waals surface area contributed by atoms with Crippen LogP contribution >= 0.6 is 0 Å². The second-order valence-electron chi connectivity index (χ2n) is 5.90. The molecule has 0 bridgehead atoms. The van der Waals surface area contributed by atoms with Crippen molar-refractivity contribution in [2.24, 2.45) is 0 Å². The van der Waals surface area contributed by atoms with E-state index in [-0.39, 0.29) is 12.5 Å². The predicted octanol–water partition coefficient (Wildman–Crippen LogP) is 2.92. The van der Waals surface area contributed by atoms with Crippen LogP contribution in [0, 0.1) is 0 Å². The molecule has 150 valence electrons. The highest BCUT2D eigenvalue weighted by atomic mass is 16.5. The van der Waals surface area contributed by atoms with Crippen molar-refractivity contribution in [3.8, 4) is 17.2 Å². The first-order valence-corrected chi connectivity index (χ1v) is 8.82. The van der Waals surface area contributed by atoms with E-state index in [0.717, 1.165) is 5.56 Å². The molecule has 7 nitrogen and oxygen atoms in total. The predicted molar refractivity (Wildman–Crippen MR) is 104 cm³/mol. The normalized spacial score (nSPS) is 10.1. The zero-order valence-electron chi connectivity index (χ0n) is 16.6. The monoisotopic (exact) mass is 387 g/mol. The molecule has 0 aliphatic heterocycles. The van der Waals surface area contributed by atoms with Crippen LogP contribution in [0.25, 0.3) is 0 Å². The van der Waals surface area contributed by atoms with E-state index < -0.39 is 5.97 Å². The molecule has 0 heterocycles. The molecule has 0 saturated carbocycles. The zero-order chi connectivity index (χ0) is 20.5. The largest absolute Gasteiger partial charge is 0.493 e. The number of hydrogen-bond donors (Lipinski definition) is 0. The minimum Gasteiger partial charge on any atom is -0.493 e. The van der Waals surface area contributed by atoms with Gasteiger partial charge in [-0.05, 0) is 48.9 Å². The lowest BCUT2D eigenvalue weighted by molar-refractivity contribution is -0.133. The zero-order valence-corrected chi connectivity index (χ0v) is 16.6. The Morgan fingerprint density at radius 1 is 0.929 bits per heavy atom. The number of likely N-dealkylation sites (N-methyl/N-ethyl adjacent to an activating group) is 1. The quantitative estimate of drug-likeness (QED) is 0.616. The molecule has 0 fully saturated rings. The van der Waals surface area contributed by atoms with Crippen LogP contribution in [0.4, 0.5) is 0 Å². The molecule has 0 aliphatic rings. The van der Waals surface area contributed by atoms with Crippen LogP contribution in [-0.4, -0.2) is 51.3 Å². The first kappa shape index (κ1) is 21.1. The van der Waals surface area contributed by atoms with Crippen molar-refractivity contribution in [1.29, 1.82) is 0 Å². The lowest BCUT2D eigenvalue weighted by Crippen LogP contribution is -2.34. The SMILES string of the molecule is CCN(Cc1ccc(OC)c(OC)c1)C(=O)COc1ccc(C(=O)OC)cc1. The number of methoxy groups -OCH3 is 3. The molecular weight excluding hydrogens is 362 g/mol. The van der Waals surface area contributed by atoms with Gasteiger partial charge in [-0.3, -0.25) is 4.79 Å². The Bertz CT molecular complexity index is 803. The van der Waals surface area contributed by atoms with Crippen molar-refractivity contribution >= 4 is 11.9 Å². The van der Waals surface area contributed by atoms with E-state index in [2.05, 4.69) is 4.74 Å². The van der Waals surface area contributed by atoms with Gasteiger partial charge in [0.15, 0.2) is 18.1 Å². The number of ether oxygens (including phenoxy) is 4. The highest BCUT2D eigenvalue weighted by molar-refractivity contribution is 5.89. The van der Waals surface area contributed by atoms with Gasteiger partial charge in [0.05, 0.1) is 26.9 Å². The van der Waals surface area contributed by atoms with Crippen LogP contribution in [0.5, 0.6) is 17.2 Å². The highest BCUT2D eigenvalue weighted by Crippen LogP contribution is 2.28. The maximum Gasteiger partial charge on any atom is 0.337 e. The van der Waals surface area contributed by atoms with Crippen molar-refractivity contribution in [3.63, 3.8) is 0 Å². The minimum absolute atomic E-state index is 0.0985. The summed E-state index contributed by atoms with van der Waals surface area (Å²) in [5.74, 6) is 1.19. The van der Waals surface area contributed by atoms with Crippen molar-refractivity contribution in [1.82, 2.24) is 4.90 Å². The third-order valence-corrected chi connectivity index (χ3v) is 4.19. The Labute approximate surface area is 164 Å². The number of nitrogens with zero attached hydrogens (tertiary/aromatic N) is 1. The summed E-state index contributed by atoms with van der Waals surface area (Å²) in [5, 5.41) is 0. The van der Waals surface area contributed by atoms with Crippen molar-refractivity contribution in [3.05, 3.63) is 53.6 Å². The molecule has 0 saturated heterocycles. The van der Waals surface area contributed by atoms with Crippen LogP contribution in [-0.2, 0) is 16.1 Å². The highest BCUT2D eigenvalue weighted by Gasteiger charge is 2.15.